The van der Waals surface area contributed by atoms with Crippen LogP contribution in [0.1, 0.15) is 17.8 Å². The van der Waals surface area contributed by atoms with Gasteiger partial charge in [0.25, 0.3) is 0 Å². The van der Waals surface area contributed by atoms with Gasteiger partial charge in [0.05, 0.1) is 22.8 Å². The zero-order valence-corrected chi connectivity index (χ0v) is 12.8. The summed E-state index contributed by atoms with van der Waals surface area (Å²) in [6.07, 6.45) is 0.781. The number of nitrogens with zero attached hydrogens (tertiary/aromatic N) is 2. The molecule has 0 bridgehead atoms. The van der Waals surface area contributed by atoms with E-state index in [0.717, 1.165) is 24.4 Å². The van der Waals surface area contributed by atoms with Crippen LogP contribution in [0, 0.1) is 19.7 Å². The van der Waals surface area contributed by atoms with E-state index in [1.165, 1.54) is 6.07 Å². The normalized spacial score (nSPS) is 10.9. The van der Waals surface area contributed by atoms with Crippen LogP contribution in [-0.4, -0.2) is 16.3 Å². The second kappa shape index (κ2) is 6.22. The lowest BCUT2D eigenvalue weighted by Crippen LogP contribution is -2.11. The van der Waals surface area contributed by atoms with E-state index >= 15 is 0 Å². The van der Waals surface area contributed by atoms with Crippen molar-refractivity contribution in [3.8, 4) is 0 Å². The molecule has 0 radical (unpaired) electrons. The van der Waals surface area contributed by atoms with Gasteiger partial charge in [-0.3, -0.25) is 4.68 Å². The minimum absolute atomic E-state index is 0.106. The number of hydrogen-bond acceptors (Lipinski definition) is 4. The summed E-state index contributed by atoms with van der Waals surface area (Å²) in [5, 5.41) is 7.23. The van der Waals surface area contributed by atoms with E-state index in [0.29, 0.717) is 6.54 Å². The van der Waals surface area contributed by atoms with Crippen LogP contribution in [0.2, 0.25) is 5.02 Å². The summed E-state index contributed by atoms with van der Waals surface area (Å²) in [7, 11) is 0. The number of nitrogen functional groups attached to an aromatic ring is 2. The highest BCUT2D eigenvalue weighted by atomic mass is 35.5. The van der Waals surface area contributed by atoms with Gasteiger partial charge in [-0.15, -0.1) is 0 Å². The molecule has 21 heavy (non-hydrogen) atoms. The molecule has 5 N–H and O–H groups in total. The predicted molar refractivity (Wildman–Crippen MR) is 85.0 cm³/mol. The summed E-state index contributed by atoms with van der Waals surface area (Å²) in [6, 6.07) is 3.47. The molecule has 7 heteroatoms. The van der Waals surface area contributed by atoms with Crippen LogP contribution in [0.5, 0.6) is 0 Å². The van der Waals surface area contributed by atoms with E-state index in [1.807, 2.05) is 24.6 Å². The molecule has 1 heterocycles. The van der Waals surface area contributed by atoms with Crippen molar-refractivity contribution >= 4 is 28.7 Å². The average molecular weight is 312 g/mol. The number of aromatic nitrogens is 2. The highest BCUT2D eigenvalue weighted by Crippen LogP contribution is 2.33. The summed E-state index contributed by atoms with van der Waals surface area (Å²) in [5.41, 5.74) is 14.0. The summed E-state index contributed by atoms with van der Waals surface area (Å²) in [4.78, 5) is 0. The van der Waals surface area contributed by atoms with Crippen LogP contribution in [0.3, 0.4) is 0 Å². The van der Waals surface area contributed by atoms with Crippen molar-refractivity contribution in [2.75, 3.05) is 23.3 Å². The highest BCUT2D eigenvalue weighted by Gasteiger charge is 2.13. The Morgan fingerprint density at radius 2 is 2.00 bits per heavy atom. The average Bonchev–Trinajstić information content (AvgIpc) is 2.73. The van der Waals surface area contributed by atoms with Crippen LogP contribution >= 0.6 is 11.6 Å². The molecule has 0 atom stereocenters. The first-order valence-electron chi connectivity index (χ1n) is 6.68. The summed E-state index contributed by atoms with van der Waals surface area (Å²) in [6.45, 7) is 5.26. The quantitative estimate of drug-likeness (QED) is 0.585. The van der Waals surface area contributed by atoms with Gasteiger partial charge in [-0.05, 0) is 32.4 Å². The molecule has 114 valence electrons. The summed E-state index contributed by atoms with van der Waals surface area (Å²) >= 11 is 5.78. The Balaban J connectivity index is 1.95. The molecule has 0 aliphatic heterocycles. The third-order valence-corrected chi connectivity index (χ3v) is 3.60. The Morgan fingerprint density at radius 1 is 1.29 bits per heavy atom. The van der Waals surface area contributed by atoms with Crippen LogP contribution in [0.4, 0.5) is 21.5 Å². The Labute approximate surface area is 128 Å². The van der Waals surface area contributed by atoms with Crippen molar-refractivity contribution in [3.63, 3.8) is 0 Å². The number of benzene rings is 1. The first-order valence-corrected chi connectivity index (χ1v) is 7.05. The number of rotatable bonds is 5. The molecule has 0 spiro atoms. The standard InChI is InChI=1S/C14H19ClFN5/c1-8-6-9(2)21(20-8)5-3-4-19-14-11(18)7-10(17)12(15)13(14)16/h6-7,19H,3-5,17-18H2,1-2H3. The summed E-state index contributed by atoms with van der Waals surface area (Å²) in [5.74, 6) is -0.611. The van der Waals surface area contributed by atoms with Crippen molar-refractivity contribution < 1.29 is 4.39 Å². The Bertz CT molecular complexity index is 653. The van der Waals surface area contributed by atoms with Gasteiger partial charge in [0.2, 0.25) is 0 Å². The molecular weight excluding hydrogens is 293 g/mol. The fourth-order valence-electron chi connectivity index (χ4n) is 2.19. The molecule has 5 nitrogen and oxygen atoms in total. The van der Waals surface area contributed by atoms with Gasteiger partial charge in [0, 0.05) is 18.8 Å². The number of anilines is 3. The lowest BCUT2D eigenvalue weighted by atomic mass is 10.2. The van der Waals surface area contributed by atoms with Gasteiger partial charge in [0.15, 0.2) is 5.82 Å². The molecule has 1 aromatic heterocycles. The molecule has 0 unspecified atom stereocenters. The first-order chi connectivity index (χ1) is 9.90. The molecule has 2 rings (SSSR count). The number of nitrogens with one attached hydrogen (secondary N) is 1. The fraction of sp³-hybridized carbons (Fsp3) is 0.357. The third kappa shape index (κ3) is 3.39. The fourth-order valence-corrected chi connectivity index (χ4v) is 2.34. The lowest BCUT2D eigenvalue weighted by Gasteiger charge is -2.13. The Hall–Kier alpha value is -1.95. The smallest absolute Gasteiger partial charge is 0.169 e. The van der Waals surface area contributed by atoms with Crippen molar-refractivity contribution in [2.24, 2.45) is 0 Å². The van der Waals surface area contributed by atoms with E-state index in [-0.39, 0.29) is 22.1 Å². The number of nitrogens with two attached hydrogens (primary N) is 2. The number of hydrogen-bond donors (Lipinski definition) is 3. The predicted octanol–water partition coefficient (Wildman–Crippen LogP) is 2.96. The van der Waals surface area contributed by atoms with Crippen molar-refractivity contribution in [1.82, 2.24) is 9.78 Å². The molecule has 1 aromatic carbocycles. The molecular formula is C14H19ClFN5. The molecule has 0 aliphatic rings. The second-order valence-corrected chi connectivity index (χ2v) is 5.37. The molecule has 0 saturated heterocycles. The van der Waals surface area contributed by atoms with E-state index in [9.17, 15) is 4.39 Å². The second-order valence-electron chi connectivity index (χ2n) is 4.99. The van der Waals surface area contributed by atoms with Gasteiger partial charge < -0.3 is 16.8 Å². The van der Waals surface area contributed by atoms with Crippen molar-refractivity contribution in [3.05, 3.63) is 34.4 Å². The third-order valence-electron chi connectivity index (χ3n) is 3.22. The monoisotopic (exact) mass is 311 g/mol. The van der Waals surface area contributed by atoms with E-state index in [1.54, 1.807) is 0 Å². The van der Waals surface area contributed by atoms with Crippen LogP contribution in [-0.2, 0) is 6.54 Å². The largest absolute Gasteiger partial charge is 0.397 e. The van der Waals surface area contributed by atoms with Crippen molar-refractivity contribution in [1.29, 1.82) is 0 Å². The van der Waals surface area contributed by atoms with E-state index in [4.69, 9.17) is 23.1 Å². The van der Waals surface area contributed by atoms with Gasteiger partial charge in [-0.25, -0.2) is 4.39 Å². The minimum Gasteiger partial charge on any atom is -0.397 e. The Morgan fingerprint density at radius 3 is 2.62 bits per heavy atom. The van der Waals surface area contributed by atoms with Gasteiger partial charge in [-0.1, -0.05) is 11.6 Å². The zero-order chi connectivity index (χ0) is 15.6. The molecule has 0 aliphatic carbocycles. The maximum absolute atomic E-state index is 14.0. The van der Waals surface area contributed by atoms with E-state index < -0.39 is 5.82 Å². The first kappa shape index (κ1) is 15.4. The van der Waals surface area contributed by atoms with Crippen molar-refractivity contribution in [2.45, 2.75) is 26.8 Å². The SMILES string of the molecule is Cc1cc(C)n(CCCNc2c(N)cc(N)c(Cl)c2F)n1. The zero-order valence-electron chi connectivity index (χ0n) is 12.1. The summed E-state index contributed by atoms with van der Waals surface area (Å²) < 4.78 is 15.9. The molecule has 2 aromatic rings. The topological polar surface area (TPSA) is 81.9 Å². The van der Waals surface area contributed by atoms with Gasteiger partial charge in [0.1, 0.15) is 5.02 Å². The number of aryl methyl sites for hydroxylation is 3. The molecule has 0 saturated carbocycles. The van der Waals surface area contributed by atoms with E-state index in [2.05, 4.69) is 10.4 Å². The van der Waals surface area contributed by atoms with Gasteiger partial charge in [-0.2, -0.15) is 5.10 Å². The maximum Gasteiger partial charge on any atom is 0.169 e. The van der Waals surface area contributed by atoms with Gasteiger partial charge >= 0.3 is 0 Å². The molecule has 0 fully saturated rings. The van der Waals surface area contributed by atoms with Crippen LogP contribution in [0.25, 0.3) is 0 Å². The van der Waals surface area contributed by atoms with Crippen LogP contribution in [0.15, 0.2) is 12.1 Å². The highest BCUT2D eigenvalue weighted by molar-refractivity contribution is 6.33. The number of halogens is 2. The lowest BCUT2D eigenvalue weighted by molar-refractivity contribution is 0.572. The molecule has 0 amide bonds. The van der Waals surface area contributed by atoms with Crippen LogP contribution < -0.4 is 16.8 Å². The Kier molecular flexibility index (Phi) is 4.57. The minimum atomic E-state index is -0.611. The maximum atomic E-state index is 14.0.